The first-order valence-electron chi connectivity index (χ1n) is 8.67. The minimum absolute atomic E-state index is 0.278. The van der Waals surface area contributed by atoms with Gasteiger partial charge in [-0.15, -0.1) is 0 Å². The van der Waals surface area contributed by atoms with E-state index in [1.807, 2.05) is 61.5 Å². The monoisotopic (exact) mass is 357 g/mol. The van der Waals surface area contributed by atoms with Gasteiger partial charge < -0.3 is 15.4 Å². The first kappa shape index (κ1) is 16.8. The SMILES string of the molecule is Cc1ccc(-c2nc3ccccc3n2Cc2ccc(C(=O)O)cc2)cc1N. The van der Waals surface area contributed by atoms with Gasteiger partial charge in [0.2, 0.25) is 0 Å². The van der Waals surface area contributed by atoms with Crippen molar-refractivity contribution in [3.8, 4) is 11.4 Å². The number of aromatic nitrogens is 2. The second-order valence-electron chi connectivity index (χ2n) is 6.58. The van der Waals surface area contributed by atoms with Crippen LogP contribution in [0.3, 0.4) is 0 Å². The number of aryl methyl sites for hydroxylation is 1. The van der Waals surface area contributed by atoms with E-state index < -0.39 is 5.97 Å². The predicted octanol–water partition coefficient (Wildman–Crippen LogP) is 4.34. The Labute approximate surface area is 156 Å². The number of rotatable bonds is 4. The molecule has 4 aromatic rings. The molecule has 3 aromatic carbocycles. The number of hydrogen-bond donors (Lipinski definition) is 2. The molecular weight excluding hydrogens is 338 g/mol. The second-order valence-corrected chi connectivity index (χ2v) is 6.58. The minimum Gasteiger partial charge on any atom is -0.478 e. The Morgan fingerprint density at radius 2 is 1.81 bits per heavy atom. The third-order valence-electron chi connectivity index (χ3n) is 4.73. The predicted molar refractivity (Wildman–Crippen MR) is 107 cm³/mol. The summed E-state index contributed by atoms with van der Waals surface area (Å²) in [7, 11) is 0. The van der Waals surface area contributed by atoms with Crippen molar-refractivity contribution in [3.05, 3.63) is 83.4 Å². The molecule has 0 aliphatic heterocycles. The van der Waals surface area contributed by atoms with Gasteiger partial charge in [-0.1, -0.05) is 36.4 Å². The Balaban J connectivity index is 1.82. The van der Waals surface area contributed by atoms with Crippen LogP contribution in [0.1, 0.15) is 21.5 Å². The Morgan fingerprint density at radius 1 is 1.07 bits per heavy atom. The van der Waals surface area contributed by atoms with Crippen molar-refractivity contribution in [2.75, 3.05) is 5.73 Å². The number of benzene rings is 3. The number of para-hydroxylation sites is 2. The first-order chi connectivity index (χ1) is 13.0. The molecule has 0 unspecified atom stereocenters. The van der Waals surface area contributed by atoms with Gasteiger partial charge in [-0.2, -0.15) is 0 Å². The zero-order valence-electron chi connectivity index (χ0n) is 14.9. The van der Waals surface area contributed by atoms with Gasteiger partial charge in [0.05, 0.1) is 16.6 Å². The molecule has 5 nitrogen and oxygen atoms in total. The third-order valence-corrected chi connectivity index (χ3v) is 4.73. The van der Waals surface area contributed by atoms with Crippen LogP contribution in [0.15, 0.2) is 66.7 Å². The van der Waals surface area contributed by atoms with E-state index in [0.717, 1.165) is 39.2 Å². The second kappa shape index (κ2) is 6.61. The summed E-state index contributed by atoms with van der Waals surface area (Å²) < 4.78 is 2.13. The Kier molecular flexibility index (Phi) is 4.12. The fraction of sp³-hybridized carbons (Fsp3) is 0.0909. The van der Waals surface area contributed by atoms with Crippen LogP contribution in [0, 0.1) is 6.92 Å². The van der Waals surface area contributed by atoms with E-state index in [4.69, 9.17) is 15.8 Å². The van der Waals surface area contributed by atoms with Crippen LogP contribution < -0.4 is 5.73 Å². The van der Waals surface area contributed by atoms with Gasteiger partial charge in [-0.3, -0.25) is 0 Å². The van der Waals surface area contributed by atoms with Crippen LogP contribution in [0.25, 0.3) is 22.4 Å². The molecule has 0 aliphatic carbocycles. The molecule has 27 heavy (non-hydrogen) atoms. The highest BCUT2D eigenvalue weighted by molar-refractivity contribution is 5.87. The van der Waals surface area contributed by atoms with Crippen LogP contribution in [-0.2, 0) is 6.54 Å². The maximum absolute atomic E-state index is 11.1. The largest absolute Gasteiger partial charge is 0.478 e. The van der Waals surface area contributed by atoms with Gasteiger partial charge in [-0.25, -0.2) is 9.78 Å². The summed E-state index contributed by atoms with van der Waals surface area (Å²) in [6.45, 7) is 2.57. The minimum atomic E-state index is -0.926. The lowest BCUT2D eigenvalue weighted by Gasteiger charge is -2.11. The molecule has 1 heterocycles. The van der Waals surface area contributed by atoms with Gasteiger partial charge in [-0.05, 0) is 48.4 Å². The van der Waals surface area contributed by atoms with Crippen molar-refractivity contribution in [3.63, 3.8) is 0 Å². The smallest absolute Gasteiger partial charge is 0.335 e. The number of nitrogens with two attached hydrogens (primary N) is 1. The van der Waals surface area contributed by atoms with E-state index >= 15 is 0 Å². The normalized spacial score (nSPS) is 11.0. The van der Waals surface area contributed by atoms with E-state index in [1.165, 1.54) is 0 Å². The number of fused-ring (bicyclic) bond motifs is 1. The summed E-state index contributed by atoms with van der Waals surface area (Å²) in [4.78, 5) is 15.9. The van der Waals surface area contributed by atoms with Gasteiger partial charge in [0.25, 0.3) is 0 Å². The van der Waals surface area contributed by atoms with E-state index in [-0.39, 0.29) is 5.56 Å². The topological polar surface area (TPSA) is 81.1 Å². The average Bonchev–Trinajstić information content (AvgIpc) is 3.03. The summed E-state index contributed by atoms with van der Waals surface area (Å²) in [5.41, 5.74) is 12.0. The highest BCUT2D eigenvalue weighted by Gasteiger charge is 2.14. The molecule has 5 heteroatoms. The third kappa shape index (κ3) is 3.15. The highest BCUT2D eigenvalue weighted by Crippen LogP contribution is 2.28. The number of carbonyl (C=O) groups is 1. The van der Waals surface area contributed by atoms with Crippen molar-refractivity contribution in [1.82, 2.24) is 9.55 Å². The Hall–Kier alpha value is -3.60. The summed E-state index contributed by atoms with van der Waals surface area (Å²) >= 11 is 0. The van der Waals surface area contributed by atoms with E-state index in [2.05, 4.69) is 4.57 Å². The fourth-order valence-corrected chi connectivity index (χ4v) is 3.17. The van der Waals surface area contributed by atoms with Gasteiger partial charge in [0.1, 0.15) is 5.82 Å². The zero-order chi connectivity index (χ0) is 19.0. The molecule has 0 saturated carbocycles. The zero-order valence-corrected chi connectivity index (χ0v) is 14.9. The summed E-state index contributed by atoms with van der Waals surface area (Å²) in [6, 6.07) is 20.9. The van der Waals surface area contributed by atoms with Gasteiger partial charge in [0.15, 0.2) is 0 Å². The quantitative estimate of drug-likeness (QED) is 0.532. The maximum atomic E-state index is 11.1. The van der Waals surface area contributed by atoms with Crippen molar-refractivity contribution < 1.29 is 9.90 Å². The summed E-state index contributed by atoms with van der Waals surface area (Å²) in [6.07, 6.45) is 0. The van der Waals surface area contributed by atoms with Crippen LogP contribution in [0.2, 0.25) is 0 Å². The molecule has 0 fully saturated rings. The maximum Gasteiger partial charge on any atom is 0.335 e. The number of carboxylic acids is 1. The molecule has 0 amide bonds. The standard InChI is InChI=1S/C22H19N3O2/c1-14-6-9-17(12-18(14)23)21-24-19-4-2-3-5-20(19)25(21)13-15-7-10-16(11-8-15)22(26)27/h2-12H,13,23H2,1H3,(H,26,27). The van der Waals surface area contributed by atoms with Crippen LogP contribution >= 0.6 is 0 Å². The number of nitrogens with zero attached hydrogens (tertiary/aromatic N) is 2. The molecule has 1 aromatic heterocycles. The number of hydrogen-bond acceptors (Lipinski definition) is 3. The molecule has 0 radical (unpaired) electrons. The fourth-order valence-electron chi connectivity index (χ4n) is 3.17. The number of imidazole rings is 1. The van der Waals surface area contributed by atoms with Crippen molar-refractivity contribution >= 4 is 22.7 Å². The number of carboxylic acid groups (broad SMARTS) is 1. The molecule has 0 saturated heterocycles. The van der Waals surface area contributed by atoms with E-state index in [0.29, 0.717) is 6.54 Å². The number of anilines is 1. The van der Waals surface area contributed by atoms with Crippen LogP contribution in [0.5, 0.6) is 0 Å². The molecule has 3 N–H and O–H groups in total. The lowest BCUT2D eigenvalue weighted by atomic mass is 10.1. The van der Waals surface area contributed by atoms with E-state index in [9.17, 15) is 4.79 Å². The number of nitrogen functional groups attached to an aromatic ring is 1. The van der Waals surface area contributed by atoms with Crippen molar-refractivity contribution in [2.45, 2.75) is 13.5 Å². The molecule has 0 atom stereocenters. The molecule has 0 bridgehead atoms. The first-order valence-corrected chi connectivity index (χ1v) is 8.67. The molecular formula is C22H19N3O2. The molecule has 134 valence electrons. The van der Waals surface area contributed by atoms with Crippen LogP contribution in [-0.4, -0.2) is 20.6 Å². The van der Waals surface area contributed by atoms with Crippen LogP contribution in [0.4, 0.5) is 5.69 Å². The lowest BCUT2D eigenvalue weighted by molar-refractivity contribution is 0.0697. The lowest BCUT2D eigenvalue weighted by Crippen LogP contribution is -2.04. The molecule has 0 aliphatic rings. The summed E-state index contributed by atoms with van der Waals surface area (Å²) in [5, 5.41) is 9.09. The van der Waals surface area contributed by atoms with Crippen molar-refractivity contribution in [1.29, 1.82) is 0 Å². The highest BCUT2D eigenvalue weighted by atomic mass is 16.4. The Morgan fingerprint density at radius 3 is 2.52 bits per heavy atom. The Bertz CT molecular complexity index is 1140. The van der Waals surface area contributed by atoms with E-state index in [1.54, 1.807) is 12.1 Å². The summed E-state index contributed by atoms with van der Waals surface area (Å²) in [5.74, 6) is -0.0874. The average molecular weight is 357 g/mol. The van der Waals surface area contributed by atoms with Crippen molar-refractivity contribution in [2.24, 2.45) is 0 Å². The van der Waals surface area contributed by atoms with Gasteiger partial charge in [0, 0.05) is 17.8 Å². The number of aromatic carboxylic acids is 1. The molecule has 0 spiro atoms. The van der Waals surface area contributed by atoms with Gasteiger partial charge >= 0.3 is 5.97 Å². The molecule has 4 rings (SSSR count).